The first-order chi connectivity index (χ1) is 13.8. The number of aromatic amines is 2. The predicted octanol–water partition coefficient (Wildman–Crippen LogP) is 3.44. The van der Waals surface area contributed by atoms with Crippen molar-refractivity contribution in [2.75, 3.05) is 5.32 Å². The van der Waals surface area contributed by atoms with Gasteiger partial charge in [-0.05, 0) is 36.4 Å². The van der Waals surface area contributed by atoms with Crippen LogP contribution in [0.3, 0.4) is 0 Å². The summed E-state index contributed by atoms with van der Waals surface area (Å²) in [4.78, 5) is 36.5. The number of nitrogens with zero attached hydrogens (tertiary/aromatic N) is 2. The molecule has 0 fully saturated rings. The first-order valence-corrected chi connectivity index (χ1v) is 8.33. The van der Waals surface area contributed by atoms with E-state index in [9.17, 15) is 22.8 Å². The van der Waals surface area contributed by atoms with E-state index < -0.39 is 23.0 Å². The number of hydrogen-bond acceptors (Lipinski definition) is 5. The van der Waals surface area contributed by atoms with Gasteiger partial charge in [-0.1, -0.05) is 6.07 Å². The van der Waals surface area contributed by atoms with Crippen molar-refractivity contribution in [3.8, 4) is 11.3 Å². The van der Waals surface area contributed by atoms with Crippen LogP contribution in [0.25, 0.3) is 22.2 Å². The minimum atomic E-state index is -4.42. The Bertz CT molecular complexity index is 1310. The molecule has 3 N–H and O–H groups in total. The van der Waals surface area contributed by atoms with Crippen LogP contribution in [-0.2, 0) is 6.18 Å². The van der Waals surface area contributed by atoms with Crippen LogP contribution in [0.1, 0.15) is 5.56 Å². The van der Waals surface area contributed by atoms with Crippen LogP contribution in [0.5, 0.6) is 0 Å². The predicted molar refractivity (Wildman–Crippen MR) is 101 cm³/mol. The number of H-pyrrole nitrogens is 2. The second-order valence-corrected chi connectivity index (χ2v) is 6.12. The summed E-state index contributed by atoms with van der Waals surface area (Å²) in [6.45, 7) is 0. The van der Waals surface area contributed by atoms with E-state index in [1.807, 2.05) is 0 Å². The molecule has 0 bridgehead atoms. The highest BCUT2D eigenvalue weighted by Crippen LogP contribution is 2.31. The Balaban J connectivity index is 1.73. The van der Waals surface area contributed by atoms with Gasteiger partial charge in [0, 0.05) is 23.6 Å². The zero-order valence-corrected chi connectivity index (χ0v) is 14.5. The van der Waals surface area contributed by atoms with Gasteiger partial charge in [-0.15, -0.1) is 0 Å². The summed E-state index contributed by atoms with van der Waals surface area (Å²) < 4.78 is 38.2. The van der Waals surface area contributed by atoms with E-state index in [-0.39, 0.29) is 0 Å². The number of aromatic nitrogens is 4. The average Bonchev–Trinajstić information content (AvgIpc) is 2.67. The lowest BCUT2D eigenvalue weighted by Crippen LogP contribution is -2.21. The number of fused-ring (bicyclic) bond motifs is 1. The highest BCUT2D eigenvalue weighted by Gasteiger charge is 2.30. The number of halogens is 3. The van der Waals surface area contributed by atoms with Gasteiger partial charge in [0.2, 0.25) is 0 Å². The van der Waals surface area contributed by atoms with Crippen LogP contribution < -0.4 is 16.6 Å². The number of alkyl halides is 3. The molecule has 2 aromatic heterocycles. The Morgan fingerprint density at radius 1 is 0.897 bits per heavy atom. The van der Waals surface area contributed by atoms with Crippen molar-refractivity contribution in [3.05, 3.63) is 81.3 Å². The van der Waals surface area contributed by atoms with Crippen molar-refractivity contribution in [1.29, 1.82) is 0 Å². The smallest absolute Gasteiger partial charge is 0.338 e. The van der Waals surface area contributed by atoms with Gasteiger partial charge < -0.3 is 10.3 Å². The van der Waals surface area contributed by atoms with Crippen molar-refractivity contribution >= 4 is 22.4 Å². The molecule has 146 valence electrons. The van der Waals surface area contributed by atoms with Gasteiger partial charge in [-0.25, -0.2) is 9.78 Å². The fraction of sp³-hybridized carbons (Fsp3) is 0.0526. The fourth-order valence-corrected chi connectivity index (χ4v) is 2.84. The molecule has 0 aliphatic heterocycles. The third-order valence-corrected chi connectivity index (χ3v) is 4.19. The number of rotatable bonds is 3. The standard InChI is InChI=1S/C19H12F3N5O2/c20-19(21,22)11-2-4-12(5-3-11)25-16-15(23-7-8-24-16)10-1-6-13-14(9-10)26-18(29)27-17(13)28/h1-9H,(H,24,25)(H2,26,27,28,29). The van der Waals surface area contributed by atoms with Gasteiger partial charge >= 0.3 is 11.9 Å². The van der Waals surface area contributed by atoms with Crippen LogP contribution in [0, 0.1) is 0 Å². The number of nitrogens with one attached hydrogen (secondary N) is 3. The molecule has 0 atom stereocenters. The molecule has 10 heteroatoms. The maximum Gasteiger partial charge on any atom is 0.416 e. The van der Waals surface area contributed by atoms with Crippen molar-refractivity contribution in [2.24, 2.45) is 0 Å². The lowest BCUT2D eigenvalue weighted by atomic mass is 10.1. The molecule has 29 heavy (non-hydrogen) atoms. The van der Waals surface area contributed by atoms with Crippen LogP contribution in [0.15, 0.2) is 64.4 Å². The van der Waals surface area contributed by atoms with Gasteiger partial charge in [-0.3, -0.25) is 14.8 Å². The van der Waals surface area contributed by atoms with Gasteiger partial charge in [-0.2, -0.15) is 13.2 Å². The van der Waals surface area contributed by atoms with Crippen LogP contribution in [0.4, 0.5) is 24.7 Å². The van der Waals surface area contributed by atoms with Crippen LogP contribution >= 0.6 is 0 Å². The average molecular weight is 399 g/mol. The summed E-state index contributed by atoms with van der Waals surface area (Å²) in [5.41, 5.74) is -0.241. The van der Waals surface area contributed by atoms with E-state index in [0.717, 1.165) is 12.1 Å². The van der Waals surface area contributed by atoms with E-state index in [4.69, 9.17) is 0 Å². The zero-order valence-electron chi connectivity index (χ0n) is 14.5. The largest absolute Gasteiger partial charge is 0.416 e. The third kappa shape index (κ3) is 3.72. The Morgan fingerprint density at radius 2 is 1.62 bits per heavy atom. The van der Waals surface area contributed by atoms with E-state index in [1.54, 1.807) is 12.1 Å². The highest BCUT2D eigenvalue weighted by molar-refractivity contribution is 5.85. The van der Waals surface area contributed by atoms with Crippen molar-refractivity contribution in [1.82, 2.24) is 19.9 Å². The molecule has 4 aromatic rings. The molecule has 0 saturated heterocycles. The minimum absolute atomic E-state index is 0.300. The summed E-state index contributed by atoms with van der Waals surface area (Å²) in [7, 11) is 0. The second-order valence-electron chi connectivity index (χ2n) is 6.12. The monoisotopic (exact) mass is 399 g/mol. The highest BCUT2D eigenvalue weighted by atomic mass is 19.4. The Labute approximate surface area is 160 Å². The lowest BCUT2D eigenvalue weighted by Gasteiger charge is -2.12. The minimum Gasteiger partial charge on any atom is -0.338 e. The molecule has 2 heterocycles. The maximum atomic E-state index is 12.7. The molecule has 7 nitrogen and oxygen atoms in total. The van der Waals surface area contributed by atoms with Crippen LogP contribution in [0.2, 0.25) is 0 Å². The molecule has 0 aliphatic carbocycles. The normalized spacial score (nSPS) is 11.6. The summed E-state index contributed by atoms with van der Waals surface area (Å²) in [6.07, 6.45) is -1.53. The topological polar surface area (TPSA) is 104 Å². The molecule has 0 amide bonds. The molecule has 0 aliphatic rings. The van der Waals surface area contributed by atoms with Gasteiger partial charge in [0.15, 0.2) is 5.82 Å². The SMILES string of the molecule is O=c1[nH]c(=O)c2ccc(-c3nccnc3Nc3ccc(C(F)(F)F)cc3)cc2[nH]1. The Hall–Kier alpha value is -3.95. The van der Waals surface area contributed by atoms with Crippen molar-refractivity contribution in [2.45, 2.75) is 6.18 Å². The van der Waals surface area contributed by atoms with E-state index in [0.29, 0.717) is 33.7 Å². The van der Waals surface area contributed by atoms with Crippen LogP contribution in [-0.4, -0.2) is 19.9 Å². The zero-order chi connectivity index (χ0) is 20.6. The van der Waals surface area contributed by atoms with Gasteiger partial charge in [0.1, 0.15) is 5.69 Å². The summed E-state index contributed by atoms with van der Waals surface area (Å²) in [5.74, 6) is 0.304. The first-order valence-electron chi connectivity index (χ1n) is 8.33. The molecular weight excluding hydrogens is 387 g/mol. The van der Waals surface area contributed by atoms with Crippen molar-refractivity contribution < 1.29 is 13.2 Å². The summed E-state index contributed by atoms with van der Waals surface area (Å²) in [6, 6.07) is 9.26. The molecule has 0 unspecified atom stereocenters. The van der Waals surface area contributed by atoms with E-state index in [1.165, 1.54) is 30.6 Å². The lowest BCUT2D eigenvalue weighted by molar-refractivity contribution is -0.137. The molecular formula is C19H12F3N5O2. The third-order valence-electron chi connectivity index (χ3n) is 4.19. The molecule has 4 rings (SSSR count). The molecule has 0 saturated carbocycles. The summed E-state index contributed by atoms with van der Waals surface area (Å²) in [5, 5.41) is 3.24. The van der Waals surface area contributed by atoms with Crippen molar-refractivity contribution in [3.63, 3.8) is 0 Å². The van der Waals surface area contributed by atoms with Gasteiger partial charge in [0.25, 0.3) is 5.56 Å². The van der Waals surface area contributed by atoms with E-state index in [2.05, 4.69) is 25.3 Å². The van der Waals surface area contributed by atoms with E-state index >= 15 is 0 Å². The molecule has 0 spiro atoms. The van der Waals surface area contributed by atoms with Gasteiger partial charge in [0.05, 0.1) is 16.5 Å². The number of hydrogen-bond donors (Lipinski definition) is 3. The number of benzene rings is 2. The summed E-state index contributed by atoms with van der Waals surface area (Å²) >= 11 is 0. The fourth-order valence-electron chi connectivity index (χ4n) is 2.84. The molecule has 2 aromatic carbocycles. The quantitative estimate of drug-likeness (QED) is 0.490. The molecule has 0 radical (unpaired) electrons. The second kappa shape index (κ2) is 6.89. The number of anilines is 2. The Kier molecular flexibility index (Phi) is 4.38. The Morgan fingerprint density at radius 3 is 2.34 bits per heavy atom. The first kappa shape index (κ1) is 18.4. The maximum absolute atomic E-state index is 12.7.